The molecule has 0 unspecified atom stereocenters. The van der Waals surface area contributed by atoms with E-state index in [1.54, 1.807) is 25.4 Å². The lowest BCUT2D eigenvalue weighted by Crippen LogP contribution is -2.08. The maximum atomic E-state index is 12.2. The molecule has 0 aliphatic rings. The van der Waals surface area contributed by atoms with E-state index >= 15 is 0 Å². The number of aryl methyl sites for hydroxylation is 1. The molecule has 92 valence electrons. The van der Waals surface area contributed by atoms with Gasteiger partial charge in [-0.1, -0.05) is 18.2 Å². The SMILES string of the molecule is COc1ccccc1C(=O)Cc1ncccc1C. The monoisotopic (exact) mass is 241 g/mol. The van der Waals surface area contributed by atoms with Crippen LogP contribution in [0.1, 0.15) is 21.6 Å². The smallest absolute Gasteiger partial charge is 0.172 e. The van der Waals surface area contributed by atoms with Gasteiger partial charge in [0.05, 0.1) is 24.8 Å². The van der Waals surface area contributed by atoms with E-state index in [9.17, 15) is 4.79 Å². The molecule has 1 heterocycles. The van der Waals surface area contributed by atoms with Crippen molar-refractivity contribution in [3.8, 4) is 5.75 Å². The van der Waals surface area contributed by atoms with Crippen LogP contribution in [0.25, 0.3) is 0 Å². The number of carbonyl (C=O) groups excluding carboxylic acids is 1. The average Bonchev–Trinajstić information content (AvgIpc) is 2.41. The van der Waals surface area contributed by atoms with E-state index in [0.717, 1.165) is 11.3 Å². The molecule has 0 atom stereocenters. The van der Waals surface area contributed by atoms with Gasteiger partial charge in [-0.2, -0.15) is 0 Å². The highest BCUT2D eigenvalue weighted by Gasteiger charge is 2.13. The molecule has 0 saturated carbocycles. The molecule has 0 N–H and O–H groups in total. The van der Waals surface area contributed by atoms with Gasteiger partial charge < -0.3 is 4.74 Å². The summed E-state index contributed by atoms with van der Waals surface area (Å²) in [6.45, 7) is 1.96. The Balaban J connectivity index is 2.25. The van der Waals surface area contributed by atoms with Gasteiger partial charge in [-0.3, -0.25) is 9.78 Å². The summed E-state index contributed by atoms with van der Waals surface area (Å²) < 4.78 is 5.19. The van der Waals surface area contributed by atoms with Crippen LogP contribution >= 0.6 is 0 Å². The summed E-state index contributed by atoms with van der Waals surface area (Å²) in [7, 11) is 1.57. The zero-order chi connectivity index (χ0) is 13.0. The second kappa shape index (κ2) is 5.45. The van der Waals surface area contributed by atoms with Crippen molar-refractivity contribution in [1.29, 1.82) is 0 Å². The van der Waals surface area contributed by atoms with Crippen molar-refractivity contribution < 1.29 is 9.53 Å². The fraction of sp³-hybridized carbons (Fsp3) is 0.200. The number of Topliss-reactive ketones (excluding diaryl/α,β-unsaturated/α-hetero) is 1. The van der Waals surface area contributed by atoms with Gasteiger partial charge in [0, 0.05) is 6.20 Å². The van der Waals surface area contributed by atoms with Crippen LogP contribution < -0.4 is 4.74 Å². The van der Waals surface area contributed by atoms with Crippen molar-refractivity contribution in [2.24, 2.45) is 0 Å². The number of methoxy groups -OCH3 is 1. The normalized spacial score (nSPS) is 10.1. The first-order valence-electron chi connectivity index (χ1n) is 5.79. The van der Waals surface area contributed by atoms with Crippen molar-refractivity contribution in [2.45, 2.75) is 13.3 Å². The number of nitrogens with zero attached hydrogens (tertiary/aromatic N) is 1. The summed E-state index contributed by atoms with van der Waals surface area (Å²) >= 11 is 0. The molecule has 0 aliphatic carbocycles. The molecule has 2 aromatic rings. The number of ether oxygens (including phenoxy) is 1. The second-order valence-electron chi connectivity index (χ2n) is 4.07. The number of carbonyl (C=O) groups is 1. The third kappa shape index (κ3) is 2.56. The van der Waals surface area contributed by atoms with E-state index in [4.69, 9.17) is 4.74 Å². The number of para-hydroxylation sites is 1. The number of rotatable bonds is 4. The predicted molar refractivity (Wildman–Crippen MR) is 70.0 cm³/mol. The molecular formula is C15H15NO2. The zero-order valence-electron chi connectivity index (χ0n) is 10.5. The Labute approximate surface area is 106 Å². The molecule has 18 heavy (non-hydrogen) atoms. The average molecular weight is 241 g/mol. The highest BCUT2D eigenvalue weighted by Crippen LogP contribution is 2.19. The van der Waals surface area contributed by atoms with Gasteiger partial charge in [0.15, 0.2) is 5.78 Å². The molecule has 0 spiro atoms. The van der Waals surface area contributed by atoms with Crippen LogP contribution in [0.5, 0.6) is 5.75 Å². The molecule has 1 aromatic heterocycles. The van der Waals surface area contributed by atoms with E-state index < -0.39 is 0 Å². The molecule has 3 heteroatoms. The van der Waals surface area contributed by atoms with Crippen molar-refractivity contribution in [3.05, 3.63) is 59.4 Å². The van der Waals surface area contributed by atoms with Crippen LogP contribution in [-0.2, 0) is 6.42 Å². The summed E-state index contributed by atoms with van der Waals surface area (Å²) in [5.41, 5.74) is 2.44. The first-order valence-corrected chi connectivity index (χ1v) is 5.79. The van der Waals surface area contributed by atoms with Gasteiger partial charge in [0.2, 0.25) is 0 Å². The number of aromatic nitrogens is 1. The standard InChI is InChI=1S/C15H15NO2/c1-11-6-5-9-16-13(11)10-14(17)12-7-3-4-8-15(12)18-2/h3-9H,10H2,1-2H3. The lowest BCUT2D eigenvalue weighted by Gasteiger charge is -2.08. The fourth-order valence-electron chi connectivity index (χ4n) is 1.83. The summed E-state index contributed by atoms with van der Waals surface area (Å²) in [5, 5.41) is 0. The Morgan fingerprint density at radius 1 is 1.22 bits per heavy atom. The molecule has 0 saturated heterocycles. The highest BCUT2D eigenvalue weighted by molar-refractivity contribution is 5.99. The minimum atomic E-state index is 0.0225. The topological polar surface area (TPSA) is 39.2 Å². The maximum Gasteiger partial charge on any atom is 0.172 e. The first kappa shape index (κ1) is 12.3. The lowest BCUT2D eigenvalue weighted by atomic mass is 10.0. The van der Waals surface area contributed by atoms with Gasteiger partial charge in [0.25, 0.3) is 0 Å². The minimum Gasteiger partial charge on any atom is -0.496 e. The Morgan fingerprint density at radius 2 is 2.00 bits per heavy atom. The van der Waals surface area contributed by atoms with Crippen LogP contribution in [-0.4, -0.2) is 17.9 Å². The van der Waals surface area contributed by atoms with E-state index in [1.165, 1.54) is 0 Å². The number of hydrogen-bond acceptors (Lipinski definition) is 3. The minimum absolute atomic E-state index is 0.0225. The van der Waals surface area contributed by atoms with E-state index in [2.05, 4.69) is 4.98 Å². The molecule has 0 radical (unpaired) electrons. The summed E-state index contributed by atoms with van der Waals surface area (Å²) in [4.78, 5) is 16.5. The Bertz CT molecular complexity index is 564. The number of pyridine rings is 1. The van der Waals surface area contributed by atoms with Crippen molar-refractivity contribution in [3.63, 3.8) is 0 Å². The van der Waals surface area contributed by atoms with Crippen LogP contribution in [0.4, 0.5) is 0 Å². The van der Waals surface area contributed by atoms with Crippen molar-refractivity contribution >= 4 is 5.78 Å². The molecule has 0 amide bonds. The van der Waals surface area contributed by atoms with Gasteiger partial charge in [-0.15, -0.1) is 0 Å². The second-order valence-corrected chi connectivity index (χ2v) is 4.07. The van der Waals surface area contributed by atoms with Crippen molar-refractivity contribution in [2.75, 3.05) is 7.11 Å². The Hall–Kier alpha value is -2.16. The number of ketones is 1. The summed E-state index contributed by atoms with van der Waals surface area (Å²) in [5.74, 6) is 0.630. The van der Waals surface area contributed by atoms with E-state index in [0.29, 0.717) is 17.7 Å². The van der Waals surface area contributed by atoms with Crippen LogP contribution in [0.15, 0.2) is 42.6 Å². The van der Waals surface area contributed by atoms with Gasteiger partial charge >= 0.3 is 0 Å². The van der Waals surface area contributed by atoms with E-state index in [-0.39, 0.29) is 5.78 Å². The molecule has 0 fully saturated rings. The van der Waals surface area contributed by atoms with Crippen LogP contribution in [0.3, 0.4) is 0 Å². The summed E-state index contributed by atoms with van der Waals surface area (Å²) in [6.07, 6.45) is 2.00. The molecule has 0 aliphatic heterocycles. The first-order chi connectivity index (χ1) is 8.72. The third-order valence-corrected chi connectivity index (χ3v) is 2.85. The molecule has 3 nitrogen and oxygen atoms in total. The molecule has 0 bridgehead atoms. The van der Waals surface area contributed by atoms with Gasteiger partial charge in [-0.25, -0.2) is 0 Å². The zero-order valence-corrected chi connectivity index (χ0v) is 10.5. The fourth-order valence-corrected chi connectivity index (χ4v) is 1.83. The van der Waals surface area contributed by atoms with Gasteiger partial charge in [0.1, 0.15) is 5.75 Å². The summed E-state index contributed by atoms with van der Waals surface area (Å²) in [6, 6.07) is 11.1. The largest absolute Gasteiger partial charge is 0.496 e. The van der Waals surface area contributed by atoms with Crippen LogP contribution in [0, 0.1) is 6.92 Å². The third-order valence-electron chi connectivity index (χ3n) is 2.85. The van der Waals surface area contributed by atoms with Gasteiger partial charge in [-0.05, 0) is 30.7 Å². The number of hydrogen-bond donors (Lipinski definition) is 0. The predicted octanol–water partition coefficient (Wildman–Crippen LogP) is 2.82. The molecular weight excluding hydrogens is 226 g/mol. The highest BCUT2D eigenvalue weighted by atomic mass is 16.5. The molecule has 1 aromatic carbocycles. The lowest BCUT2D eigenvalue weighted by molar-refractivity contribution is 0.0989. The number of benzene rings is 1. The molecule has 2 rings (SSSR count). The Morgan fingerprint density at radius 3 is 2.72 bits per heavy atom. The van der Waals surface area contributed by atoms with Crippen molar-refractivity contribution in [1.82, 2.24) is 4.98 Å². The van der Waals surface area contributed by atoms with Crippen LogP contribution in [0.2, 0.25) is 0 Å². The van der Waals surface area contributed by atoms with E-state index in [1.807, 2.05) is 31.2 Å². The quantitative estimate of drug-likeness (QED) is 0.773. The Kier molecular flexibility index (Phi) is 3.72. The maximum absolute atomic E-state index is 12.2.